The summed E-state index contributed by atoms with van der Waals surface area (Å²) in [5.41, 5.74) is -0.320. The van der Waals surface area contributed by atoms with Gasteiger partial charge in [-0.3, -0.25) is 4.79 Å². The van der Waals surface area contributed by atoms with Crippen LogP contribution in [0.3, 0.4) is 0 Å². The summed E-state index contributed by atoms with van der Waals surface area (Å²) in [4.78, 5) is 10.6. The summed E-state index contributed by atoms with van der Waals surface area (Å²) >= 11 is 1.86. The van der Waals surface area contributed by atoms with Gasteiger partial charge in [-0.1, -0.05) is 0 Å². The van der Waals surface area contributed by atoms with Crippen LogP contribution in [0.25, 0.3) is 0 Å². The van der Waals surface area contributed by atoms with Crippen LogP contribution in [0.1, 0.15) is 25.7 Å². The Labute approximate surface area is 111 Å². The first-order valence-electron chi connectivity index (χ1n) is 6.09. The lowest BCUT2D eigenvalue weighted by Crippen LogP contribution is -2.47. The molecular weight excluding hydrogens is 276 g/mol. The third-order valence-corrected chi connectivity index (χ3v) is 6.74. The Bertz CT molecular complexity index is 406. The third kappa shape index (κ3) is 3.19. The monoisotopic (exact) mass is 294 g/mol. The summed E-state index contributed by atoms with van der Waals surface area (Å²) < 4.78 is 29.8. The number of sulfone groups is 1. The van der Waals surface area contributed by atoms with Gasteiger partial charge in [-0.25, -0.2) is 8.42 Å². The standard InChI is InChI=1S/C11H18O5S2/c12-10(13)8-18(14,15)9-1-4-16-11(7-9)2-5-17-6-3-11/h9H,1-8H2,(H,12,13). The summed E-state index contributed by atoms with van der Waals surface area (Å²) in [6, 6.07) is 0. The van der Waals surface area contributed by atoms with Crippen molar-refractivity contribution in [3.8, 4) is 0 Å². The van der Waals surface area contributed by atoms with E-state index in [1.54, 1.807) is 0 Å². The van der Waals surface area contributed by atoms with E-state index in [4.69, 9.17) is 9.84 Å². The lowest BCUT2D eigenvalue weighted by molar-refractivity contribution is -0.134. The van der Waals surface area contributed by atoms with Gasteiger partial charge in [0.2, 0.25) is 0 Å². The Morgan fingerprint density at radius 2 is 2.06 bits per heavy atom. The first-order chi connectivity index (χ1) is 8.44. The zero-order valence-corrected chi connectivity index (χ0v) is 11.8. The topological polar surface area (TPSA) is 80.7 Å². The maximum absolute atomic E-state index is 12.0. The minimum atomic E-state index is -3.54. The van der Waals surface area contributed by atoms with Gasteiger partial charge in [0.1, 0.15) is 5.75 Å². The molecule has 0 bridgehead atoms. The van der Waals surface area contributed by atoms with Gasteiger partial charge in [0.15, 0.2) is 9.84 Å². The molecule has 2 aliphatic heterocycles. The van der Waals surface area contributed by atoms with Crippen molar-refractivity contribution in [2.45, 2.75) is 36.5 Å². The molecule has 1 spiro atoms. The Morgan fingerprint density at radius 1 is 1.39 bits per heavy atom. The molecule has 0 saturated carbocycles. The van der Waals surface area contributed by atoms with Gasteiger partial charge in [0.05, 0.1) is 10.9 Å². The summed E-state index contributed by atoms with van der Waals surface area (Å²) in [5, 5.41) is 8.12. The predicted octanol–water partition coefficient (Wildman–Crippen LogP) is 0.931. The van der Waals surface area contributed by atoms with Gasteiger partial charge >= 0.3 is 5.97 Å². The molecule has 0 aromatic rings. The minimum Gasteiger partial charge on any atom is -0.480 e. The molecule has 0 aromatic carbocycles. The van der Waals surface area contributed by atoms with E-state index in [9.17, 15) is 13.2 Å². The number of thioether (sulfide) groups is 1. The van der Waals surface area contributed by atoms with Gasteiger partial charge in [-0.15, -0.1) is 0 Å². The lowest BCUT2D eigenvalue weighted by Gasteiger charge is -2.42. The van der Waals surface area contributed by atoms with E-state index in [2.05, 4.69) is 0 Å². The van der Waals surface area contributed by atoms with Crippen LogP contribution >= 0.6 is 11.8 Å². The number of aliphatic carboxylic acids is 1. The fourth-order valence-electron chi connectivity index (χ4n) is 2.67. The molecule has 2 rings (SSSR count). The molecule has 2 heterocycles. The molecule has 0 aromatic heterocycles. The number of hydrogen-bond acceptors (Lipinski definition) is 5. The quantitative estimate of drug-likeness (QED) is 0.834. The highest BCUT2D eigenvalue weighted by Gasteiger charge is 2.43. The second-order valence-corrected chi connectivity index (χ2v) is 8.47. The highest BCUT2D eigenvalue weighted by Crippen LogP contribution is 2.39. The minimum absolute atomic E-state index is 0.320. The van der Waals surface area contributed by atoms with Crippen LogP contribution in [0.15, 0.2) is 0 Å². The van der Waals surface area contributed by atoms with Crippen LogP contribution in [-0.4, -0.2) is 54.2 Å². The Morgan fingerprint density at radius 3 is 2.67 bits per heavy atom. The zero-order chi connectivity index (χ0) is 13.2. The van der Waals surface area contributed by atoms with Gasteiger partial charge in [-0.05, 0) is 37.2 Å². The van der Waals surface area contributed by atoms with E-state index in [0.717, 1.165) is 24.3 Å². The van der Waals surface area contributed by atoms with Crippen LogP contribution in [0.4, 0.5) is 0 Å². The highest BCUT2D eigenvalue weighted by atomic mass is 32.2. The van der Waals surface area contributed by atoms with Crippen LogP contribution in [-0.2, 0) is 19.4 Å². The predicted molar refractivity (Wildman–Crippen MR) is 69.7 cm³/mol. The number of carbonyl (C=O) groups is 1. The molecule has 1 unspecified atom stereocenters. The van der Waals surface area contributed by atoms with E-state index in [1.807, 2.05) is 11.8 Å². The maximum Gasteiger partial charge on any atom is 0.318 e. The van der Waals surface area contributed by atoms with Crippen LogP contribution in [0.5, 0.6) is 0 Å². The molecule has 1 N–H and O–H groups in total. The fourth-order valence-corrected chi connectivity index (χ4v) is 5.50. The van der Waals surface area contributed by atoms with Gasteiger partial charge < -0.3 is 9.84 Å². The highest BCUT2D eigenvalue weighted by molar-refractivity contribution is 7.99. The normalized spacial score (nSPS) is 28.1. The summed E-state index contributed by atoms with van der Waals surface area (Å²) in [7, 11) is -3.54. The number of carboxylic acids is 1. The van der Waals surface area contributed by atoms with Crippen molar-refractivity contribution in [2.24, 2.45) is 0 Å². The fraction of sp³-hybridized carbons (Fsp3) is 0.909. The molecule has 5 nitrogen and oxygen atoms in total. The molecule has 0 radical (unpaired) electrons. The first-order valence-corrected chi connectivity index (χ1v) is 8.96. The molecule has 7 heteroatoms. The van der Waals surface area contributed by atoms with Gasteiger partial charge in [0.25, 0.3) is 0 Å². The molecule has 104 valence electrons. The molecule has 2 saturated heterocycles. The Balaban J connectivity index is 2.08. The lowest BCUT2D eigenvalue weighted by atomic mass is 9.88. The van der Waals surface area contributed by atoms with E-state index in [-0.39, 0.29) is 5.60 Å². The van der Waals surface area contributed by atoms with Gasteiger partial charge in [-0.2, -0.15) is 11.8 Å². The SMILES string of the molecule is O=C(O)CS(=O)(=O)C1CCOC2(CCSCC2)C1. The molecule has 0 aliphatic carbocycles. The van der Waals surface area contributed by atoms with Crippen LogP contribution in [0, 0.1) is 0 Å². The number of ether oxygens (including phenoxy) is 1. The van der Waals surface area contributed by atoms with Gasteiger partial charge in [0, 0.05) is 6.61 Å². The average molecular weight is 294 g/mol. The smallest absolute Gasteiger partial charge is 0.318 e. The summed E-state index contributed by atoms with van der Waals surface area (Å²) in [6.45, 7) is 0.425. The number of hydrogen-bond donors (Lipinski definition) is 1. The molecular formula is C11H18O5S2. The van der Waals surface area contributed by atoms with Crippen molar-refractivity contribution in [3.05, 3.63) is 0 Å². The first kappa shape index (κ1) is 14.1. The van der Waals surface area contributed by atoms with E-state index in [1.165, 1.54) is 0 Å². The van der Waals surface area contributed by atoms with E-state index in [0.29, 0.717) is 19.4 Å². The molecule has 1 atom stereocenters. The van der Waals surface area contributed by atoms with Crippen molar-refractivity contribution in [3.63, 3.8) is 0 Å². The van der Waals surface area contributed by atoms with Crippen molar-refractivity contribution < 1.29 is 23.1 Å². The average Bonchev–Trinajstić information content (AvgIpc) is 2.28. The molecule has 2 fully saturated rings. The second kappa shape index (κ2) is 5.38. The largest absolute Gasteiger partial charge is 0.480 e. The third-order valence-electron chi connectivity index (χ3n) is 3.68. The van der Waals surface area contributed by atoms with Crippen molar-refractivity contribution in [2.75, 3.05) is 23.9 Å². The maximum atomic E-state index is 12.0. The van der Waals surface area contributed by atoms with Crippen molar-refractivity contribution in [1.82, 2.24) is 0 Å². The van der Waals surface area contributed by atoms with E-state index >= 15 is 0 Å². The second-order valence-electron chi connectivity index (χ2n) is 4.96. The summed E-state index contributed by atoms with van der Waals surface area (Å²) in [5.74, 6) is -0.0466. The van der Waals surface area contributed by atoms with Crippen molar-refractivity contribution in [1.29, 1.82) is 0 Å². The Kier molecular flexibility index (Phi) is 4.23. The van der Waals surface area contributed by atoms with Crippen LogP contribution in [0.2, 0.25) is 0 Å². The zero-order valence-electron chi connectivity index (χ0n) is 10.1. The summed E-state index contributed by atoms with van der Waals surface area (Å²) in [6.07, 6.45) is 2.63. The molecule has 0 amide bonds. The van der Waals surface area contributed by atoms with Crippen LogP contribution < -0.4 is 0 Å². The van der Waals surface area contributed by atoms with Crippen molar-refractivity contribution >= 4 is 27.6 Å². The molecule has 18 heavy (non-hydrogen) atoms. The Hall–Kier alpha value is -0.270. The van der Waals surface area contributed by atoms with E-state index < -0.39 is 26.8 Å². The molecule has 2 aliphatic rings. The number of carboxylic acid groups (broad SMARTS) is 1. The number of rotatable bonds is 3.